The molecule has 0 fully saturated rings. The first-order valence-corrected chi connectivity index (χ1v) is 10.4. The van der Waals surface area contributed by atoms with Crippen LogP contribution in [0.1, 0.15) is 11.9 Å². The molecule has 2 aromatic heterocycles. The normalized spacial score (nSPS) is 10.6. The summed E-state index contributed by atoms with van der Waals surface area (Å²) in [6, 6.07) is 7.68. The van der Waals surface area contributed by atoms with Crippen LogP contribution in [0.15, 0.2) is 42.1 Å². The molecule has 0 aliphatic carbocycles. The fourth-order valence-corrected chi connectivity index (χ4v) is 3.81. The van der Waals surface area contributed by atoms with Crippen LogP contribution in [-0.2, 0) is 11.3 Å². The van der Waals surface area contributed by atoms with Gasteiger partial charge in [0, 0.05) is 6.54 Å². The van der Waals surface area contributed by atoms with E-state index >= 15 is 0 Å². The molecule has 3 rings (SSSR count). The van der Waals surface area contributed by atoms with Gasteiger partial charge in [-0.05, 0) is 26.0 Å². The Kier molecular flexibility index (Phi) is 6.77. The Balaban J connectivity index is 1.77. The maximum atomic E-state index is 12.2. The molecule has 0 radical (unpaired) electrons. The summed E-state index contributed by atoms with van der Waals surface area (Å²) in [7, 11) is 0. The number of nitrogens with zero attached hydrogens (tertiary/aromatic N) is 5. The number of allylic oxidation sites excluding steroid dienone is 1. The van der Waals surface area contributed by atoms with Crippen LogP contribution >= 0.6 is 23.1 Å². The topological polar surface area (TPSA) is 94.8 Å². The smallest absolute Gasteiger partial charge is 0.236 e. The molecule has 0 atom stereocenters. The molecule has 0 aliphatic heterocycles. The van der Waals surface area contributed by atoms with Crippen molar-refractivity contribution in [3.05, 3.63) is 41.9 Å². The molecule has 1 N–H and O–H groups in total. The summed E-state index contributed by atoms with van der Waals surface area (Å²) in [6.45, 7) is 8.65. The van der Waals surface area contributed by atoms with Gasteiger partial charge in [0.15, 0.2) is 11.0 Å². The molecule has 28 heavy (non-hydrogen) atoms. The van der Waals surface area contributed by atoms with E-state index in [1.165, 1.54) is 23.1 Å². The van der Waals surface area contributed by atoms with Crippen LogP contribution in [0.3, 0.4) is 0 Å². The summed E-state index contributed by atoms with van der Waals surface area (Å²) in [5, 5.41) is 21.0. The third-order valence-corrected chi connectivity index (χ3v) is 5.28. The van der Waals surface area contributed by atoms with Crippen LogP contribution in [0.5, 0.6) is 5.75 Å². The van der Waals surface area contributed by atoms with Gasteiger partial charge in [0.1, 0.15) is 10.8 Å². The van der Waals surface area contributed by atoms with Crippen LogP contribution in [0, 0.1) is 6.92 Å². The first-order valence-electron chi connectivity index (χ1n) is 8.61. The number of carbonyl (C=O) groups excluding carboxylic acids is 1. The van der Waals surface area contributed by atoms with Gasteiger partial charge in [-0.2, -0.15) is 0 Å². The molecule has 1 amide bonds. The van der Waals surface area contributed by atoms with Crippen molar-refractivity contribution in [3.8, 4) is 17.1 Å². The molecular weight excluding hydrogens is 396 g/mol. The lowest BCUT2D eigenvalue weighted by atomic mass is 10.2. The van der Waals surface area contributed by atoms with E-state index in [9.17, 15) is 4.79 Å². The van der Waals surface area contributed by atoms with Crippen molar-refractivity contribution in [1.82, 2.24) is 25.0 Å². The number of aromatic nitrogens is 5. The minimum atomic E-state index is -0.175. The van der Waals surface area contributed by atoms with Crippen LogP contribution in [-0.4, -0.2) is 43.2 Å². The lowest BCUT2D eigenvalue weighted by molar-refractivity contribution is -0.113. The number of para-hydroxylation sites is 1. The van der Waals surface area contributed by atoms with Crippen LogP contribution in [0.25, 0.3) is 11.4 Å². The molecule has 0 spiro atoms. The van der Waals surface area contributed by atoms with E-state index in [0.717, 1.165) is 16.3 Å². The quantitative estimate of drug-likeness (QED) is 0.422. The molecule has 0 aliphatic rings. The van der Waals surface area contributed by atoms with Gasteiger partial charge < -0.3 is 4.74 Å². The van der Waals surface area contributed by atoms with Crippen molar-refractivity contribution < 1.29 is 9.53 Å². The minimum Gasteiger partial charge on any atom is -0.493 e. The minimum absolute atomic E-state index is 0.175. The molecule has 0 bridgehead atoms. The SMILES string of the molecule is C=CCn1c(SCC(=O)Nc2nnc(C)s2)nnc1-c1ccccc1OCC. The van der Waals surface area contributed by atoms with E-state index in [2.05, 4.69) is 32.3 Å². The number of hydrogen-bond acceptors (Lipinski definition) is 8. The summed E-state index contributed by atoms with van der Waals surface area (Å²) in [5.74, 6) is 1.42. The van der Waals surface area contributed by atoms with E-state index in [4.69, 9.17) is 4.74 Å². The third-order valence-electron chi connectivity index (χ3n) is 3.56. The van der Waals surface area contributed by atoms with E-state index in [-0.39, 0.29) is 11.7 Å². The van der Waals surface area contributed by atoms with Crippen molar-refractivity contribution in [2.24, 2.45) is 0 Å². The van der Waals surface area contributed by atoms with Gasteiger partial charge in [-0.15, -0.1) is 27.0 Å². The number of carbonyl (C=O) groups is 1. The van der Waals surface area contributed by atoms with E-state index in [1.807, 2.05) is 42.7 Å². The second-order valence-electron chi connectivity index (χ2n) is 5.60. The number of benzene rings is 1. The molecule has 146 valence electrons. The lowest BCUT2D eigenvalue weighted by Crippen LogP contribution is -2.14. The zero-order valence-electron chi connectivity index (χ0n) is 15.6. The second kappa shape index (κ2) is 9.47. The van der Waals surface area contributed by atoms with Crippen molar-refractivity contribution in [2.75, 3.05) is 17.7 Å². The second-order valence-corrected chi connectivity index (χ2v) is 7.72. The molecule has 3 aromatic rings. The van der Waals surface area contributed by atoms with Crippen LogP contribution in [0.4, 0.5) is 5.13 Å². The van der Waals surface area contributed by atoms with Crippen LogP contribution in [0.2, 0.25) is 0 Å². The Morgan fingerprint density at radius 2 is 2.14 bits per heavy atom. The average molecular weight is 417 g/mol. The Hall–Kier alpha value is -2.72. The number of hydrogen-bond donors (Lipinski definition) is 1. The predicted octanol–water partition coefficient (Wildman–Crippen LogP) is 3.42. The predicted molar refractivity (Wildman–Crippen MR) is 111 cm³/mol. The van der Waals surface area contributed by atoms with E-state index in [0.29, 0.717) is 29.3 Å². The fourth-order valence-electron chi connectivity index (χ4n) is 2.45. The number of rotatable bonds is 9. The Morgan fingerprint density at radius 1 is 1.32 bits per heavy atom. The van der Waals surface area contributed by atoms with E-state index < -0.39 is 0 Å². The summed E-state index contributed by atoms with van der Waals surface area (Å²) in [6.07, 6.45) is 1.77. The number of aryl methyl sites for hydroxylation is 1. The van der Waals surface area contributed by atoms with Gasteiger partial charge in [0.25, 0.3) is 0 Å². The highest BCUT2D eigenvalue weighted by Crippen LogP contribution is 2.31. The monoisotopic (exact) mass is 416 g/mol. The van der Waals surface area contributed by atoms with Gasteiger partial charge in [-0.25, -0.2) is 0 Å². The Labute approximate surface area is 171 Å². The number of thioether (sulfide) groups is 1. The molecule has 0 unspecified atom stereocenters. The Morgan fingerprint density at radius 3 is 2.86 bits per heavy atom. The van der Waals surface area contributed by atoms with E-state index in [1.54, 1.807) is 6.08 Å². The number of anilines is 1. The van der Waals surface area contributed by atoms with Crippen LogP contribution < -0.4 is 10.1 Å². The molecule has 1 aromatic carbocycles. The summed E-state index contributed by atoms with van der Waals surface area (Å²) in [5.41, 5.74) is 0.847. The maximum Gasteiger partial charge on any atom is 0.236 e. The van der Waals surface area contributed by atoms with Gasteiger partial charge in [0.2, 0.25) is 11.0 Å². The van der Waals surface area contributed by atoms with Crippen molar-refractivity contribution in [1.29, 1.82) is 0 Å². The van der Waals surface area contributed by atoms with Crippen molar-refractivity contribution in [3.63, 3.8) is 0 Å². The average Bonchev–Trinajstić information content (AvgIpc) is 3.27. The van der Waals surface area contributed by atoms with Gasteiger partial charge in [-0.3, -0.25) is 14.7 Å². The highest BCUT2D eigenvalue weighted by Gasteiger charge is 2.18. The van der Waals surface area contributed by atoms with Gasteiger partial charge in [-0.1, -0.05) is 41.3 Å². The Bertz CT molecular complexity index is 969. The number of amides is 1. The third kappa shape index (κ3) is 4.76. The summed E-state index contributed by atoms with van der Waals surface area (Å²) >= 11 is 2.63. The summed E-state index contributed by atoms with van der Waals surface area (Å²) < 4.78 is 7.63. The number of ether oxygens (including phenoxy) is 1. The molecule has 0 saturated heterocycles. The molecule has 10 heteroatoms. The molecule has 8 nitrogen and oxygen atoms in total. The fraction of sp³-hybridized carbons (Fsp3) is 0.278. The van der Waals surface area contributed by atoms with Crippen molar-refractivity contribution >= 4 is 34.1 Å². The van der Waals surface area contributed by atoms with Crippen molar-refractivity contribution in [2.45, 2.75) is 25.5 Å². The van der Waals surface area contributed by atoms with Gasteiger partial charge in [0.05, 0.1) is 17.9 Å². The lowest BCUT2D eigenvalue weighted by Gasteiger charge is -2.11. The molecule has 2 heterocycles. The largest absolute Gasteiger partial charge is 0.493 e. The maximum absolute atomic E-state index is 12.2. The first kappa shape index (κ1) is 20.0. The van der Waals surface area contributed by atoms with Gasteiger partial charge >= 0.3 is 0 Å². The zero-order chi connectivity index (χ0) is 19.9. The first-order chi connectivity index (χ1) is 13.6. The summed E-state index contributed by atoms with van der Waals surface area (Å²) in [4.78, 5) is 12.2. The zero-order valence-corrected chi connectivity index (χ0v) is 17.2. The highest BCUT2D eigenvalue weighted by atomic mass is 32.2. The number of nitrogens with one attached hydrogen (secondary N) is 1. The molecule has 0 saturated carbocycles. The standard InChI is InChI=1S/C18H20N6O2S2/c1-4-10-24-16(13-8-6-7-9-14(13)26-5-2)21-23-18(24)27-11-15(25)19-17-22-20-12(3)28-17/h4,6-9H,1,5,10-11H2,2-3H3,(H,19,22,25). The molecular formula is C18H20N6O2S2. The highest BCUT2D eigenvalue weighted by molar-refractivity contribution is 7.99.